The van der Waals surface area contributed by atoms with E-state index in [2.05, 4.69) is 31.1 Å². The molecule has 1 unspecified atom stereocenters. The van der Waals surface area contributed by atoms with Crippen molar-refractivity contribution in [2.75, 3.05) is 19.6 Å². The number of aromatic nitrogens is 1. The minimum Gasteiger partial charge on any atom is -0.392 e. The second kappa shape index (κ2) is 16.4. The van der Waals surface area contributed by atoms with Gasteiger partial charge >= 0.3 is 0 Å². The SMILES string of the molecule is CC.CC(C)C.Cc1ncsc1-c1ccc(CNC(=O)CN(CC(C)O)C(=O)CN)cc1. The molecule has 0 radical (unpaired) electrons. The molecule has 0 bridgehead atoms. The molecule has 4 N–H and O–H groups in total. The van der Waals surface area contributed by atoms with Gasteiger partial charge in [0.1, 0.15) is 0 Å². The first-order valence-electron chi connectivity index (χ1n) is 11.1. The van der Waals surface area contributed by atoms with Gasteiger partial charge in [0.15, 0.2) is 0 Å². The Bertz CT molecular complexity index is 786. The summed E-state index contributed by atoms with van der Waals surface area (Å²) < 4.78 is 0. The van der Waals surface area contributed by atoms with Crippen molar-refractivity contribution in [1.29, 1.82) is 0 Å². The minimum absolute atomic E-state index is 0.0757. The molecule has 1 aromatic heterocycles. The van der Waals surface area contributed by atoms with Crippen LogP contribution >= 0.6 is 11.3 Å². The van der Waals surface area contributed by atoms with Crippen LogP contribution in [-0.2, 0) is 16.1 Å². The van der Waals surface area contributed by atoms with Crippen molar-refractivity contribution in [3.05, 3.63) is 41.0 Å². The fourth-order valence-corrected chi connectivity index (χ4v) is 3.30. The van der Waals surface area contributed by atoms with Gasteiger partial charge in [0.25, 0.3) is 0 Å². The number of carbonyl (C=O) groups excluding carboxylic acids is 2. The minimum atomic E-state index is -0.721. The van der Waals surface area contributed by atoms with Gasteiger partial charge in [0.2, 0.25) is 11.8 Å². The number of rotatable bonds is 8. The average molecular weight is 465 g/mol. The molecule has 0 aliphatic carbocycles. The summed E-state index contributed by atoms with van der Waals surface area (Å²) in [6.45, 7) is 14.1. The highest BCUT2D eigenvalue weighted by Crippen LogP contribution is 2.27. The summed E-state index contributed by atoms with van der Waals surface area (Å²) in [5.41, 5.74) is 10.2. The third-order valence-electron chi connectivity index (χ3n) is 3.80. The number of nitrogens with two attached hydrogens (primary N) is 1. The van der Waals surface area contributed by atoms with Crippen LogP contribution in [0.2, 0.25) is 0 Å². The van der Waals surface area contributed by atoms with Gasteiger partial charge in [-0.25, -0.2) is 4.98 Å². The summed E-state index contributed by atoms with van der Waals surface area (Å²) in [5.74, 6) is 0.167. The van der Waals surface area contributed by atoms with Gasteiger partial charge in [-0.2, -0.15) is 0 Å². The van der Waals surface area contributed by atoms with E-state index in [1.807, 2.05) is 50.5 Å². The molecule has 180 valence electrons. The first-order chi connectivity index (χ1) is 15.1. The summed E-state index contributed by atoms with van der Waals surface area (Å²) in [7, 11) is 0. The number of benzene rings is 1. The molecule has 32 heavy (non-hydrogen) atoms. The number of aryl methyl sites for hydroxylation is 1. The summed E-state index contributed by atoms with van der Waals surface area (Å²) >= 11 is 1.59. The normalized spacial score (nSPS) is 10.9. The Morgan fingerprint density at radius 1 is 1.16 bits per heavy atom. The molecule has 0 saturated carbocycles. The van der Waals surface area contributed by atoms with E-state index >= 15 is 0 Å². The van der Waals surface area contributed by atoms with Crippen molar-refractivity contribution in [3.63, 3.8) is 0 Å². The fourth-order valence-electron chi connectivity index (χ4n) is 2.49. The van der Waals surface area contributed by atoms with Crippen LogP contribution in [0.4, 0.5) is 0 Å². The molecule has 0 saturated heterocycles. The van der Waals surface area contributed by atoms with Crippen molar-refractivity contribution in [2.45, 2.75) is 61.1 Å². The molecule has 1 aromatic carbocycles. The molecule has 2 amide bonds. The highest BCUT2D eigenvalue weighted by Gasteiger charge is 2.17. The molecule has 0 aliphatic rings. The van der Waals surface area contributed by atoms with Crippen molar-refractivity contribution in [1.82, 2.24) is 15.2 Å². The Morgan fingerprint density at radius 3 is 2.16 bits per heavy atom. The molecular formula is C24H40N4O3S. The van der Waals surface area contributed by atoms with Gasteiger partial charge in [-0.15, -0.1) is 11.3 Å². The van der Waals surface area contributed by atoms with Crippen LogP contribution in [0, 0.1) is 12.8 Å². The first kappa shape index (κ1) is 29.7. The second-order valence-electron chi connectivity index (χ2n) is 7.80. The number of aliphatic hydroxyl groups is 1. The van der Waals surface area contributed by atoms with Gasteiger partial charge in [-0.3, -0.25) is 9.59 Å². The molecule has 7 nitrogen and oxygen atoms in total. The quantitative estimate of drug-likeness (QED) is 0.553. The van der Waals surface area contributed by atoms with Crippen LogP contribution in [0.3, 0.4) is 0 Å². The number of thiazole rings is 1. The maximum absolute atomic E-state index is 12.1. The fraction of sp³-hybridized carbons (Fsp3) is 0.542. The van der Waals surface area contributed by atoms with E-state index in [1.54, 1.807) is 18.3 Å². The predicted molar refractivity (Wildman–Crippen MR) is 133 cm³/mol. The number of hydrogen-bond donors (Lipinski definition) is 3. The maximum atomic E-state index is 12.1. The van der Waals surface area contributed by atoms with Crippen LogP contribution in [0.5, 0.6) is 0 Å². The first-order valence-corrected chi connectivity index (χ1v) is 11.9. The lowest BCUT2D eigenvalue weighted by molar-refractivity contribution is -0.136. The highest BCUT2D eigenvalue weighted by molar-refractivity contribution is 7.13. The maximum Gasteiger partial charge on any atom is 0.239 e. The molecule has 2 aromatic rings. The predicted octanol–water partition coefficient (Wildman–Crippen LogP) is 3.59. The van der Waals surface area contributed by atoms with Gasteiger partial charge in [0, 0.05) is 13.1 Å². The Labute approximate surface area is 197 Å². The smallest absolute Gasteiger partial charge is 0.239 e. The molecule has 8 heteroatoms. The van der Waals surface area contributed by atoms with Gasteiger partial charge in [0.05, 0.1) is 35.3 Å². The summed E-state index contributed by atoms with van der Waals surface area (Å²) in [4.78, 5) is 30.5. The van der Waals surface area contributed by atoms with Crippen LogP contribution in [-0.4, -0.2) is 52.5 Å². The standard InChI is InChI=1S/C18H24N4O3S.C4H10.C2H6/c1-12(23)9-22(17(25)7-19)10-16(24)20-8-14-3-5-15(6-4-14)18-13(2)21-11-26-18;1-4(2)3;1-2/h3-6,11-12,23H,7-10,19H2,1-2H3,(H,20,24);4H,1-3H3;1-2H3. The summed E-state index contributed by atoms with van der Waals surface area (Å²) in [6, 6.07) is 7.90. The molecule has 1 heterocycles. The number of aliphatic hydroxyl groups excluding tert-OH is 1. The van der Waals surface area contributed by atoms with E-state index < -0.39 is 6.10 Å². The van der Waals surface area contributed by atoms with Crippen molar-refractivity contribution >= 4 is 23.2 Å². The molecule has 0 fully saturated rings. The highest BCUT2D eigenvalue weighted by atomic mass is 32.1. The largest absolute Gasteiger partial charge is 0.392 e. The van der Waals surface area contributed by atoms with Crippen molar-refractivity contribution in [2.24, 2.45) is 11.7 Å². The third kappa shape index (κ3) is 11.9. The van der Waals surface area contributed by atoms with E-state index in [1.165, 1.54) is 4.90 Å². The van der Waals surface area contributed by atoms with E-state index in [-0.39, 0.29) is 31.4 Å². The number of carbonyl (C=O) groups is 2. The summed E-state index contributed by atoms with van der Waals surface area (Å²) in [5, 5.41) is 12.2. The van der Waals surface area contributed by atoms with E-state index in [0.717, 1.165) is 27.6 Å². The van der Waals surface area contributed by atoms with Crippen molar-refractivity contribution in [3.8, 4) is 10.4 Å². The van der Waals surface area contributed by atoms with Crippen LogP contribution in [0.25, 0.3) is 10.4 Å². The van der Waals surface area contributed by atoms with Crippen LogP contribution in [0.1, 0.15) is 52.8 Å². The molecule has 1 atom stereocenters. The van der Waals surface area contributed by atoms with Gasteiger partial charge in [-0.1, -0.05) is 58.9 Å². The Balaban J connectivity index is 0.00000144. The topological polar surface area (TPSA) is 109 Å². The zero-order chi connectivity index (χ0) is 24.7. The summed E-state index contributed by atoms with van der Waals surface area (Å²) in [6.07, 6.45) is -0.721. The molecule has 0 aliphatic heterocycles. The Hall–Kier alpha value is -2.29. The average Bonchev–Trinajstić information content (AvgIpc) is 3.18. The lowest BCUT2D eigenvalue weighted by Gasteiger charge is -2.22. The van der Waals surface area contributed by atoms with Gasteiger partial charge < -0.3 is 21.1 Å². The van der Waals surface area contributed by atoms with Crippen molar-refractivity contribution < 1.29 is 14.7 Å². The number of amides is 2. The van der Waals surface area contributed by atoms with Crippen LogP contribution in [0.15, 0.2) is 29.8 Å². The third-order valence-corrected chi connectivity index (χ3v) is 4.78. The monoisotopic (exact) mass is 464 g/mol. The van der Waals surface area contributed by atoms with E-state index in [4.69, 9.17) is 5.73 Å². The number of nitrogens with one attached hydrogen (secondary N) is 1. The number of nitrogens with zero attached hydrogens (tertiary/aromatic N) is 2. The van der Waals surface area contributed by atoms with Gasteiger partial charge in [-0.05, 0) is 30.9 Å². The lowest BCUT2D eigenvalue weighted by Crippen LogP contribution is -2.45. The van der Waals surface area contributed by atoms with Crippen LogP contribution < -0.4 is 11.1 Å². The van der Waals surface area contributed by atoms with E-state index in [9.17, 15) is 14.7 Å². The molecule has 0 spiro atoms. The number of hydrogen-bond acceptors (Lipinski definition) is 6. The zero-order valence-corrected chi connectivity index (χ0v) is 21.3. The molecule has 2 rings (SSSR count). The zero-order valence-electron chi connectivity index (χ0n) is 20.5. The Morgan fingerprint density at radius 2 is 1.72 bits per heavy atom. The molecular weight excluding hydrogens is 424 g/mol. The second-order valence-corrected chi connectivity index (χ2v) is 8.65. The van der Waals surface area contributed by atoms with E-state index in [0.29, 0.717) is 6.54 Å². The lowest BCUT2D eigenvalue weighted by atomic mass is 10.1. The Kier molecular flexibility index (Phi) is 15.2.